The van der Waals surface area contributed by atoms with Crippen molar-refractivity contribution in [3.8, 4) is 33.4 Å². The Labute approximate surface area is 233 Å². The highest BCUT2D eigenvalue weighted by Crippen LogP contribution is 2.51. The fourth-order valence-electron chi connectivity index (χ4n) is 6.66. The lowest BCUT2D eigenvalue weighted by molar-refractivity contribution is 0.646. The molecule has 0 saturated heterocycles. The minimum absolute atomic E-state index is 0.886. The largest absolute Gasteiger partial charge is 0.456 e. The molecule has 0 radical (unpaired) electrons. The van der Waals surface area contributed by atoms with Gasteiger partial charge in [0.1, 0.15) is 22.3 Å². The van der Waals surface area contributed by atoms with E-state index in [0.717, 1.165) is 69.9 Å². The predicted octanol–water partition coefficient (Wildman–Crippen LogP) is 11.3. The molecule has 0 aliphatic carbocycles. The van der Waals surface area contributed by atoms with Crippen molar-refractivity contribution < 1.29 is 8.83 Å². The van der Waals surface area contributed by atoms with Gasteiger partial charge in [-0.05, 0) is 81.3 Å². The molecule has 6 aromatic carbocycles. The third-order valence-electron chi connectivity index (χ3n) is 8.47. The second kappa shape index (κ2) is 8.99. The third kappa shape index (κ3) is 3.42. The molecule has 0 spiro atoms. The molecule has 8 rings (SSSR count). The van der Waals surface area contributed by atoms with Crippen LogP contribution in [0.2, 0.25) is 0 Å². The molecule has 2 nitrogen and oxygen atoms in total. The van der Waals surface area contributed by atoms with Gasteiger partial charge in [-0.15, -0.1) is 0 Å². The van der Waals surface area contributed by atoms with Gasteiger partial charge in [-0.25, -0.2) is 0 Å². The molecule has 0 N–H and O–H groups in total. The SMILES string of the molecule is CCCc1ccc(-c2cc3oc4cccc5c(-c6ccc(CCC)cc6)cc6oc7cccc2c7c3-c6c45)cc1. The first kappa shape index (κ1) is 23.3. The number of aryl methyl sites for hydroxylation is 2. The highest BCUT2D eigenvalue weighted by Gasteiger charge is 2.27. The molecule has 6 aromatic rings. The summed E-state index contributed by atoms with van der Waals surface area (Å²) in [7, 11) is 0. The van der Waals surface area contributed by atoms with Gasteiger partial charge in [0.15, 0.2) is 0 Å². The fraction of sp³-hybridized carbons (Fsp3) is 0.158. The fourth-order valence-corrected chi connectivity index (χ4v) is 6.66. The Balaban J connectivity index is 1.44. The number of hydrogen-bond acceptors (Lipinski definition) is 2. The summed E-state index contributed by atoms with van der Waals surface area (Å²) in [5, 5.41) is 4.65. The first-order chi connectivity index (χ1) is 19.7. The quantitative estimate of drug-likeness (QED) is 0.162. The van der Waals surface area contributed by atoms with Crippen LogP contribution in [0.25, 0.3) is 77.3 Å². The summed E-state index contributed by atoms with van der Waals surface area (Å²) in [6.45, 7) is 4.45. The zero-order valence-electron chi connectivity index (χ0n) is 22.9. The van der Waals surface area contributed by atoms with Crippen LogP contribution in [0.4, 0.5) is 0 Å². The Kier molecular flexibility index (Phi) is 5.25. The lowest BCUT2D eigenvalue weighted by Crippen LogP contribution is -1.97. The van der Waals surface area contributed by atoms with E-state index in [-0.39, 0.29) is 0 Å². The molecule has 0 amide bonds. The molecule has 0 aromatic heterocycles. The van der Waals surface area contributed by atoms with Gasteiger partial charge < -0.3 is 8.83 Å². The lowest BCUT2D eigenvalue weighted by atomic mass is 9.85. The predicted molar refractivity (Wildman–Crippen MR) is 168 cm³/mol. The van der Waals surface area contributed by atoms with Gasteiger partial charge in [0, 0.05) is 21.9 Å². The molecular weight excluding hydrogens is 488 g/mol. The van der Waals surface area contributed by atoms with E-state index < -0.39 is 0 Å². The average Bonchev–Trinajstić information content (AvgIpc) is 2.99. The van der Waals surface area contributed by atoms with Crippen LogP contribution in [0.3, 0.4) is 0 Å². The van der Waals surface area contributed by atoms with E-state index in [0.29, 0.717) is 0 Å². The van der Waals surface area contributed by atoms with Crippen molar-refractivity contribution >= 4 is 43.9 Å². The molecule has 0 fully saturated rings. The molecule has 0 unspecified atom stereocenters. The van der Waals surface area contributed by atoms with Gasteiger partial charge in [0.2, 0.25) is 0 Å². The second-order valence-corrected chi connectivity index (χ2v) is 11.0. The molecule has 0 saturated carbocycles. The van der Waals surface area contributed by atoms with Crippen molar-refractivity contribution in [1.82, 2.24) is 0 Å². The van der Waals surface area contributed by atoms with Crippen LogP contribution in [-0.4, -0.2) is 0 Å². The standard InChI is InChI=1S/C38H30O2/c1-3-7-23-13-17-25(18-14-23)29-21-33-37-35-27(29)9-5-11-31(35)40-34-22-30(26-19-15-24(8-4-2)16-20-26)28-10-6-12-32(39-33)36(28)38(34)37/h5-6,9-22H,3-4,7-8H2,1-2H3. The molecule has 2 aliphatic rings. The van der Waals surface area contributed by atoms with Gasteiger partial charge in [-0.3, -0.25) is 0 Å². The molecule has 2 aliphatic heterocycles. The molecular formula is C38H30O2. The summed E-state index contributed by atoms with van der Waals surface area (Å²) < 4.78 is 13.5. The Bertz CT molecular complexity index is 1950. The van der Waals surface area contributed by atoms with E-state index in [1.807, 2.05) is 0 Å². The summed E-state index contributed by atoms with van der Waals surface area (Å²) in [6.07, 6.45) is 4.49. The first-order valence-corrected chi connectivity index (χ1v) is 14.5. The Morgan fingerprint density at radius 3 is 1.30 bits per heavy atom. The summed E-state index contributed by atoms with van der Waals surface area (Å²) >= 11 is 0. The zero-order chi connectivity index (χ0) is 26.8. The van der Waals surface area contributed by atoms with Crippen molar-refractivity contribution in [2.75, 3.05) is 0 Å². The van der Waals surface area contributed by atoms with Gasteiger partial charge in [-0.2, -0.15) is 0 Å². The van der Waals surface area contributed by atoms with Crippen LogP contribution < -0.4 is 0 Å². The Hall–Kier alpha value is -4.56. The maximum atomic E-state index is 6.75. The summed E-state index contributed by atoms with van der Waals surface area (Å²) in [6, 6.07) is 35.2. The maximum Gasteiger partial charge on any atom is 0.136 e. The van der Waals surface area contributed by atoms with E-state index in [1.54, 1.807) is 0 Å². The summed E-state index contributed by atoms with van der Waals surface area (Å²) in [5.74, 6) is 0. The van der Waals surface area contributed by atoms with Gasteiger partial charge in [0.25, 0.3) is 0 Å². The molecule has 0 atom stereocenters. The van der Waals surface area contributed by atoms with Gasteiger partial charge in [0.05, 0.1) is 0 Å². The van der Waals surface area contributed by atoms with E-state index >= 15 is 0 Å². The number of rotatable bonds is 6. The molecule has 0 bridgehead atoms. The molecule has 40 heavy (non-hydrogen) atoms. The normalized spacial score (nSPS) is 12.2. The van der Waals surface area contributed by atoms with Gasteiger partial charge >= 0.3 is 0 Å². The monoisotopic (exact) mass is 518 g/mol. The molecule has 2 heteroatoms. The van der Waals surface area contributed by atoms with Crippen molar-refractivity contribution in [2.24, 2.45) is 0 Å². The maximum absolute atomic E-state index is 6.75. The van der Waals surface area contributed by atoms with Crippen LogP contribution in [0.1, 0.15) is 37.8 Å². The van der Waals surface area contributed by atoms with E-state index in [1.165, 1.54) is 44.2 Å². The van der Waals surface area contributed by atoms with E-state index in [9.17, 15) is 0 Å². The number of hydrogen-bond donors (Lipinski definition) is 0. The van der Waals surface area contributed by atoms with Crippen LogP contribution >= 0.6 is 0 Å². The van der Waals surface area contributed by atoms with Crippen molar-refractivity contribution in [3.63, 3.8) is 0 Å². The van der Waals surface area contributed by atoms with Crippen LogP contribution in [0.5, 0.6) is 0 Å². The molecule has 2 heterocycles. The lowest BCUT2D eigenvalue weighted by Gasteiger charge is -2.22. The van der Waals surface area contributed by atoms with E-state index in [4.69, 9.17) is 8.83 Å². The second-order valence-electron chi connectivity index (χ2n) is 11.0. The Morgan fingerprint density at radius 1 is 0.475 bits per heavy atom. The summed E-state index contributed by atoms with van der Waals surface area (Å²) in [4.78, 5) is 0. The van der Waals surface area contributed by atoms with Crippen molar-refractivity contribution in [2.45, 2.75) is 39.5 Å². The Morgan fingerprint density at radius 2 is 0.900 bits per heavy atom. The minimum atomic E-state index is 0.886. The van der Waals surface area contributed by atoms with E-state index in [2.05, 4.69) is 111 Å². The average molecular weight is 519 g/mol. The van der Waals surface area contributed by atoms with Crippen molar-refractivity contribution in [3.05, 3.63) is 108 Å². The summed E-state index contributed by atoms with van der Waals surface area (Å²) in [5.41, 5.74) is 13.3. The zero-order valence-corrected chi connectivity index (χ0v) is 22.9. The van der Waals surface area contributed by atoms with Crippen LogP contribution in [0.15, 0.2) is 106 Å². The van der Waals surface area contributed by atoms with Gasteiger partial charge in [-0.1, -0.05) is 99.5 Å². The minimum Gasteiger partial charge on any atom is -0.456 e. The molecule has 194 valence electrons. The van der Waals surface area contributed by atoms with Crippen LogP contribution in [-0.2, 0) is 12.8 Å². The third-order valence-corrected chi connectivity index (χ3v) is 8.47. The topological polar surface area (TPSA) is 26.3 Å². The first-order valence-electron chi connectivity index (χ1n) is 14.5. The van der Waals surface area contributed by atoms with Crippen LogP contribution in [0, 0.1) is 0 Å². The smallest absolute Gasteiger partial charge is 0.136 e. The number of benzene rings is 6. The highest BCUT2D eigenvalue weighted by molar-refractivity contribution is 6.27. The highest BCUT2D eigenvalue weighted by atomic mass is 16.3. The van der Waals surface area contributed by atoms with Crippen molar-refractivity contribution in [1.29, 1.82) is 0 Å².